The molecule has 0 saturated carbocycles. The van der Waals surface area contributed by atoms with Crippen molar-refractivity contribution in [1.29, 1.82) is 10.5 Å². The molecule has 2 N–H and O–H groups in total. The van der Waals surface area contributed by atoms with Crippen molar-refractivity contribution < 1.29 is 4.74 Å². The van der Waals surface area contributed by atoms with Gasteiger partial charge >= 0.3 is 0 Å². The Morgan fingerprint density at radius 2 is 1.79 bits per heavy atom. The number of aryl methyl sites for hydroxylation is 1. The van der Waals surface area contributed by atoms with Crippen LogP contribution in [0.2, 0.25) is 0 Å². The number of nitriles is 2. The van der Waals surface area contributed by atoms with Gasteiger partial charge in [0.15, 0.2) is 0 Å². The van der Waals surface area contributed by atoms with Crippen LogP contribution in [0, 0.1) is 29.6 Å². The Morgan fingerprint density at radius 3 is 2.47 bits per heavy atom. The molecule has 19 heavy (non-hydrogen) atoms. The van der Waals surface area contributed by atoms with E-state index < -0.39 is 0 Å². The maximum atomic E-state index is 9.05. The summed E-state index contributed by atoms with van der Waals surface area (Å²) in [5.74, 6) is 0.982. The molecule has 0 aromatic heterocycles. The van der Waals surface area contributed by atoms with Crippen molar-refractivity contribution in [3.8, 4) is 23.6 Å². The second kappa shape index (κ2) is 5.12. The number of benzene rings is 2. The van der Waals surface area contributed by atoms with E-state index >= 15 is 0 Å². The van der Waals surface area contributed by atoms with Gasteiger partial charge in [0.05, 0.1) is 17.2 Å². The van der Waals surface area contributed by atoms with Gasteiger partial charge in [-0.2, -0.15) is 10.5 Å². The smallest absolute Gasteiger partial charge is 0.145 e. The average molecular weight is 249 g/mol. The highest BCUT2D eigenvalue weighted by atomic mass is 16.5. The highest BCUT2D eigenvalue weighted by Crippen LogP contribution is 2.29. The van der Waals surface area contributed by atoms with Crippen LogP contribution in [0.1, 0.15) is 16.7 Å². The van der Waals surface area contributed by atoms with Gasteiger partial charge in [-0.1, -0.05) is 6.07 Å². The van der Waals surface area contributed by atoms with E-state index in [0.717, 1.165) is 5.56 Å². The Morgan fingerprint density at radius 1 is 1.00 bits per heavy atom. The first-order valence-corrected chi connectivity index (χ1v) is 5.62. The molecule has 0 aliphatic heterocycles. The second-order valence-corrected chi connectivity index (χ2v) is 4.06. The summed E-state index contributed by atoms with van der Waals surface area (Å²) in [6.45, 7) is 1.87. The number of ether oxygens (including phenoxy) is 1. The third-order valence-corrected chi connectivity index (χ3v) is 2.66. The summed E-state index contributed by atoms with van der Waals surface area (Å²) in [5, 5.41) is 17.9. The van der Waals surface area contributed by atoms with Crippen LogP contribution in [0.3, 0.4) is 0 Å². The summed E-state index contributed by atoms with van der Waals surface area (Å²) in [5.41, 5.74) is 7.89. The van der Waals surface area contributed by atoms with Crippen LogP contribution in [-0.2, 0) is 0 Å². The predicted molar refractivity (Wildman–Crippen MR) is 71.5 cm³/mol. The van der Waals surface area contributed by atoms with Crippen LogP contribution in [0.15, 0.2) is 36.4 Å². The maximum absolute atomic E-state index is 9.05. The molecule has 4 heteroatoms. The van der Waals surface area contributed by atoms with Crippen LogP contribution in [0.5, 0.6) is 11.5 Å². The molecule has 0 atom stereocenters. The fraction of sp³-hybridized carbons (Fsp3) is 0.0667. The fourth-order valence-electron chi connectivity index (χ4n) is 1.62. The number of nitrogens with two attached hydrogens (primary N) is 1. The third kappa shape index (κ3) is 2.65. The van der Waals surface area contributed by atoms with Gasteiger partial charge in [0, 0.05) is 5.69 Å². The van der Waals surface area contributed by atoms with Gasteiger partial charge < -0.3 is 10.5 Å². The van der Waals surface area contributed by atoms with Crippen LogP contribution >= 0.6 is 0 Å². The molecule has 4 nitrogen and oxygen atoms in total. The van der Waals surface area contributed by atoms with Crippen molar-refractivity contribution >= 4 is 5.69 Å². The van der Waals surface area contributed by atoms with E-state index in [0.29, 0.717) is 28.3 Å². The zero-order valence-electron chi connectivity index (χ0n) is 10.3. The molecule has 0 aliphatic rings. The van der Waals surface area contributed by atoms with Crippen LogP contribution < -0.4 is 10.5 Å². The summed E-state index contributed by atoms with van der Waals surface area (Å²) in [6, 6.07) is 14.1. The average Bonchev–Trinajstić information content (AvgIpc) is 2.43. The van der Waals surface area contributed by atoms with Crippen molar-refractivity contribution in [3.05, 3.63) is 53.1 Å². The summed E-state index contributed by atoms with van der Waals surface area (Å²) >= 11 is 0. The zero-order valence-corrected chi connectivity index (χ0v) is 10.3. The van der Waals surface area contributed by atoms with Crippen molar-refractivity contribution in [2.75, 3.05) is 5.73 Å². The Labute approximate surface area is 111 Å². The van der Waals surface area contributed by atoms with E-state index in [1.165, 1.54) is 0 Å². The molecule has 0 amide bonds. The molecule has 0 spiro atoms. The Balaban J connectivity index is 2.42. The number of rotatable bonds is 2. The van der Waals surface area contributed by atoms with Crippen molar-refractivity contribution in [2.24, 2.45) is 0 Å². The molecule has 0 bridgehead atoms. The van der Waals surface area contributed by atoms with Crippen LogP contribution in [-0.4, -0.2) is 0 Å². The van der Waals surface area contributed by atoms with Gasteiger partial charge in [-0.15, -0.1) is 0 Å². The highest BCUT2D eigenvalue weighted by molar-refractivity contribution is 5.55. The first-order chi connectivity index (χ1) is 9.13. The minimum absolute atomic E-state index is 0.363. The van der Waals surface area contributed by atoms with Crippen LogP contribution in [0.4, 0.5) is 5.69 Å². The van der Waals surface area contributed by atoms with Crippen molar-refractivity contribution in [2.45, 2.75) is 6.92 Å². The molecule has 0 fully saturated rings. The summed E-state index contributed by atoms with van der Waals surface area (Å²) < 4.78 is 5.70. The zero-order chi connectivity index (χ0) is 13.8. The molecule has 2 aromatic rings. The minimum Gasteiger partial charge on any atom is -0.456 e. The molecule has 0 aliphatic carbocycles. The number of anilines is 1. The van der Waals surface area contributed by atoms with E-state index in [4.69, 9.17) is 21.0 Å². The van der Waals surface area contributed by atoms with Gasteiger partial charge in [0.2, 0.25) is 0 Å². The standard InChI is InChI=1S/C15H11N3O/c1-10-2-3-11(8-16)6-15(10)19-14-5-4-13(18)7-12(14)9-17/h2-7H,18H2,1H3. The molecule has 92 valence electrons. The molecule has 2 rings (SSSR count). The lowest BCUT2D eigenvalue weighted by molar-refractivity contribution is 0.477. The Kier molecular flexibility index (Phi) is 3.36. The van der Waals surface area contributed by atoms with E-state index in [-0.39, 0.29) is 0 Å². The molecular weight excluding hydrogens is 238 g/mol. The molecule has 0 saturated heterocycles. The molecule has 0 heterocycles. The van der Waals surface area contributed by atoms with Gasteiger partial charge in [-0.3, -0.25) is 0 Å². The number of nitrogens with zero attached hydrogens (tertiary/aromatic N) is 2. The summed E-state index contributed by atoms with van der Waals surface area (Å²) in [7, 11) is 0. The molecular formula is C15H11N3O. The first kappa shape index (κ1) is 12.5. The van der Waals surface area contributed by atoms with Crippen LogP contribution in [0.25, 0.3) is 0 Å². The fourth-order valence-corrected chi connectivity index (χ4v) is 1.62. The molecule has 2 aromatic carbocycles. The lowest BCUT2D eigenvalue weighted by Crippen LogP contribution is -1.93. The highest BCUT2D eigenvalue weighted by Gasteiger charge is 2.08. The van der Waals surface area contributed by atoms with Crippen molar-refractivity contribution in [1.82, 2.24) is 0 Å². The summed E-state index contributed by atoms with van der Waals surface area (Å²) in [6.07, 6.45) is 0. The largest absolute Gasteiger partial charge is 0.456 e. The van der Waals surface area contributed by atoms with Gasteiger partial charge in [0.1, 0.15) is 17.6 Å². The minimum atomic E-state index is 0.363. The van der Waals surface area contributed by atoms with E-state index in [1.807, 2.05) is 13.0 Å². The normalized spacial score (nSPS) is 9.42. The first-order valence-electron chi connectivity index (χ1n) is 5.62. The molecule has 0 unspecified atom stereocenters. The number of hydrogen-bond donors (Lipinski definition) is 1. The van der Waals surface area contributed by atoms with Gasteiger partial charge in [0.25, 0.3) is 0 Å². The van der Waals surface area contributed by atoms with Crippen molar-refractivity contribution in [3.63, 3.8) is 0 Å². The van der Waals surface area contributed by atoms with Gasteiger partial charge in [-0.05, 0) is 42.8 Å². The lowest BCUT2D eigenvalue weighted by atomic mass is 10.1. The quantitative estimate of drug-likeness (QED) is 0.829. The topological polar surface area (TPSA) is 82.8 Å². The Hall–Kier alpha value is -2.98. The monoisotopic (exact) mass is 249 g/mol. The predicted octanol–water partition coefficient (Wildman–Crippen LogP) is 3.11. The van der Waals surface area contributed by atoms with E-state index in [1.54, 1.807) is 36.4 Å². The van der Waals surface area contributed by atoms with E-state index in [9.17, 15) is 0 Å². The summed E-state index contributed by atoms with van der Waals surface area (Å²) in [4.78, 5) is 0. The van der Waals surface area contributed by atoms with E-state index in [2.05, 4.69) is 6.07 Å². The Bertz CT molecular complexity index is 708. The second-order valence-electron chi connectivity index (χ2n) is 4.06. The van der Waals surface area contributed by atoms with Gasteiger partial charge in [-0.25, -0.2) is 0 Å². The SMILES string of the molecule is Cc1ccc(C#N)cc1Oc1ccc(N)cc1C#N. The molecule has 0 radical (unpaired) electrons. The maximum Gasteiger partial charge on any atom is 0.145 e. The number of hydrogen-bond acceptors (Lipinski definition) is 4. The number of nitrogen functional groups attached to an aromatic ring is 1. The lowest BCUT2D eigenvalue weighted by Gasteiger charge is -2.10. The third-order valence-electron chi connectivity index (χ3n) is 2.66.